The quantitative estimate of drug-likeness (QED) is 0.525. The Balaban J connectivity index is 1.36. The Morgan fingerprint density at radius 3 is 2.67 bits per heavy atom. The topological polar surface area (TPSA) is 85.5 Å². The molecule has 30 heavy (non-hydrogen) atoms. The Labute approximate surface area is 174 Å². The third kappa shape index (κ3) is 4.31. The molecular formula is C20H32F3N5O2. The summed E-state index contributed by atoms with van der Waals surface area (Å²) in [4.78, 5) is 27.2. The summed E-state index contributed by atoms with van der Waals surface area (Å²) in [6.07, 6.45) is -0.0411. The zero-order chi connectivity index (χ0) is 21.5. The predicted molar refractivity (Wildman–Crippen MR) is 104 cm³/mol. The number of nitrogens with one attached hydrogen (secondary N) is 4. The van der Waals surface area contributed by atoms with Crippen LogP contribution in [-0.4, -0.2) is 73.9 Å². The molecule has 4 rings (SSSR count). The molecule has 0 aromatic heterocycles. The molecule has 170 valence electrons. The summed E-state index contributed by atoms with van der Waals surface area (Å²) in [5.74, 6) is 0.594. The number of rotatable bonds is 3. The van der Waals surface area contributed by atoms with E-state index in [1.165, 1.54) is 0 Å². The van der Waals surface area contributed by atoms with Gasteiger partial charge in [0.05, 0.1) is 6.17 Å². The molecule has 7 atom stereocenters. The smallest absolute Gasteiger partial charge is 0.356 e. The van der Waals surface area contributed by atoms with E-state index in [1.54, 1.807) is 0 Å². The average Bonchev–Trinajstić information content (AvgIpc) is 3.09. The molecule has 0 bridgehead atoms. The normalized spacial score (nSPS) is 40.5. The average molecular weight is 432 g/mol. The van der Waals surface area contributed by atoms with Gasteiger partial charge in [0, 0.05) is 25.0 Å². The fourth-order valence-electron chi connectivity index (χ4n) is 5.97. The van der Waals surface area contributed by atoms with Crippen molar-refractivity contribution in [3.05, 3.63) is 0 Å². The standard InChI is InChI=1S/C20H32F3N5O2/c1-28-15(19(30)27-11-5-7-24-16(9-11)20(21,22)23)10-26-17(28)13-3-2-4-14-12(13)6-8-25-18(14)29/h11-17,24,26H,2-10H2,1H3,(H,25,29)(H,27,30). The Hall–Kier alpha value is -1.39. The molecule has 1 aliphatic carbocycles. The number of carbonyl (C=O) groups is 2. The van der Waals surface area contributed by atoms with Gasteiger partial charge in [-0.1, -0.05) is 6.42 Å². The molecule has 3 aliphatic heterocycles. The van der Waals surface area contributed by atoms with Gasteiger partial charge in [-0.15, -0.1) is 0 Å². The highest BCUT2D eigenvalue weighted by atomic mass is 19.4. The second-order valence-electron chi connectivity index (χ2n) is 9.26. The van der Waals surface area contributed by atoms with Gasteiger partial charge in [0.2, 0.25) is 11.8 Å². The molecule has 3 saturated heterocycles. The molecule has 0 spiro atoms. The Morgan fingerprint density at radius 1 is 1.10 bits per heavy atom. The monoisotopic (exact) mass is 431 g/mol. The van der Waals surface area contributed by atoms with Gasteiger partial charge in [0.15, 0.2) is 0 Å². The first-order valence-electron chi connectivity index (χ1n) is 11.1. The van der Waals surface area contributed by atoms with Crippen molar-refractivity contribution in [3.8, 4) is 0 Å². The minimum absolute atomic E-state index is 0.00963. The van der Waals surface area contributed by atoms with Crippen LogP contribution in [0.1, 0.15) is 38.5 Å². The van der Waals surface area contributed by atoms with Crippen LogP contribution in [0.3, 0.4) is 0 Å². The SMILES string of the molecule is CN1C(C(=O)NC2CCNC(C(F)(F)F)C2)CNC1C1CCCC2C(=O)NCCC21. The maximum atomic E-state index is 13.0. The van der Waals surface area contributed by atoms with Crippen LogP contribution in [-0.2, 0) is 9.59 Å². The number of fused-ring (bicyclic) bond motifs is 1. The van der Waals surface area contributed by atoms with E-state index in [0.29, 0.717) is 31.3 Å². The molecule has 10 heteroatoms. The molecule has 7 unspecified atom stereocenters. The van der Waals surface area contributed by atoms with Crippen molar-refractivity contribution < 1.29 is 22.8 Å². The number of piperidine rings is 2. The summed E-state index contributed by atoms with van der Waals surface area (Å²) in [5.41, 5.74) is 0. The van der Waals surface area contributed by atoms with Crippen LogP contribution in [0.5, 0.6) is 0 Å². The van der Waals surface area contributed by atoms with Crippen LogP contribution in [0.4, 0.5) is 13.2 Å². The maximum Gasteiger partial charge on any atom is 0.403 e. The van der Waals surface area contributed by atoms with Crippen LogP contribution in [0.15, 0.2) is 0 Å². The zero-order valence-corrected chi connectivity index (χ0v) is 17.3. The van der Waals surface area contributed by atoms with E-state index in [0.717, 1.165) is 25.7 Å². The van der Waals surface area contributed by atoms with Gasteiger partial charge in [0.25, 0.3) is 0 Å². The summed E-state index contributed by atoms with van der Waals surface area (Å²) >= 11 is 0. The van der Waals surface area contributed by atoms with E-state index in [2.05, 4.69) is 21.3 Å². The van der Waals surface area contributed by atoms with Crippen molar-refractivity contribution in [2.45, 2.75) is 69.0 Å². The summed E-state index contributed by atoms with van der Waals surface area (Å²) < 4.78 is 39.0. The van der Waals surface area contributed by atoms with E-state index in [-0.39, 0.29) is 36.9 Å². The van der Waals surface area contributed by atoms with E-state index < -0.39 is 24.3 Å². The number of likely N-dealkylation sites (N-methyl/N-ethyl adjacent to an activating group) is 1. The summed E-state index contributed by atoms with van der Waals surface area (Å²) in [5, 5.41) is 11.8. The number of hydrogen-bond donors (Lipinski definition) is 4. The minimum Gasteiger partial charge on any atom is -0.356 e. The lowest BCUT2D eigenvalue weighted by molar-refractivity contribution is -0.162. The van der Waals surface area contributed by atoms with Gasteiger partial charge in [-0.2, -0.15) is 13.2 Å². The molecule has 0 aromatic rings. The fourth-order valence-corrected chi connectivity index (χ4v) is 5.97. The van der Waals surface area contributed by atoms with E-state index >= 15 is 0 Å². The van der Waals surface area contributed by atoms with Gasteiger partial charge in [0.1, 0.15) is 12.1 Å². The molecule has 4 N–H and O–H groups in total. The first kappa shape index (κ1) is 21.8. The number of nitrogens with zero attached hydrogens (tertiary/aromatic N) is 1. The third-order valence-electron chi connectivity index (χ3n) is 7.54. The highest BCUT2D eigenvalue weighted by molar-refractivity contribution is 5.83. The van der Waals surface area contributed by atoms with Crippen LogP contribution in [0.2, 0.25) is 0 Å². The van der Waals surface area contributed by atoms with E-state index in [9.17, 15) is 22.8 Å². The van der Waals surface area contributed by atoms with Crippen molar-refractivity contribution in [2.24, 2.45) is 17.8 Å². The molecule has 3 heterocycles. The lowest BCUT2D eigenvalue weighted by Gasteiger charge is -2.44. The Morgan fingerprint density at radius 2 is 1.90 bits per heavy atom. The maximum absolute atomic E-state index is 13.0. The molecule has 4 fully saturated rings. The summed E-state index contributed by atoms with van der Waals surface area (Å²) in [7, 11) is 1.91. The molecule has 0 aromatic carbocycles. The third-order valence-corrected chi connectivity index (χ3v) is 7.54. The van der Waals surface area contributed by atoms with Crippen LogP contribution in [0, 0.1) is 17.8 Å². The van der Waals surface area contributed by atoms with Gasteiger partial charge in [-0.05, 0) is 57.5 Å². The Kier molecular flexibility index (Phi) is 6.28. The highest BCUT2D eigenvalue weighted by Crippen LogP contribution is 2.42. The number of amides is 2. The minimum atomic E-state index is -4.30. The number of alkyl halides is 3. The fraction of sp³-hybridized carbons (Fsp3) is 0.900. The molecule has 7 nitrogen and oxygen atoms in total. The zero-order valence-electron chi connectivity index (χ0n) is 17.3. The predicted octanol–water partition coefficient (Wildman–Crippen LogP) is 0.568. The van der Waals surface area contributed by atoms with E-state index in [4.69, 9.17) is 0 Å². The van der Waals surface area contributed by atoms with Crippen molar-refractivity contribution >= 4 is 11.8 Å². The van der Waals surface area contributed by atoms with Gasteiger partial charge in [-0.25, -0.2) is 0 Å². The second-order valence-corrected chi connectivity index (χ2v) is 9.26. The molecule has 2 amide bonds. The molecule has 4 aliphatic rings. The van der Waals surface area contributed by atoms with Gasteiger partial charge in [-0.3, -0.25) is 19.8 Å². The van der Waals surface area contributed by atoms with E-state index in [1.807, 2.05) is 11.9 Å². The van der Waals surface area contributed by atoms with Crippen molar-refractivity contribution in [1.29, 1.82) is 0 Å². The molecule has 0 radical (unpaired) electrons. The van der Waals surface area contributed by atoms with Crippen LogP contribution in [0.25, 0.3) is 0 Å². The number of carbonyl (C=O) groups excluding carboxylic acids is 2. The lowest BCUT2D eigenvalue weighted by atomic mass is 9.67. The number of halogens is 3. The summed E-state index contributed by atoms with van der Waals surface area (Å²) in [6.45, 7) is 1.41. The van der Waals surface area contributed by atoms with Crippen molar-refractivity contribution in [3.63, 3.8) is 0 Å². The Bertz CT molecular complexity index is 661. The van der Waals surface area contributed by atoms with Crippen molar-refractivity contribution in [2.75, 3.05) is 26.7 Å². The largest absolute Gasteiger partial charge is 0.403 e. The first-order valence-corrected chi connectivity index (χ1v) is 11.1. The van der Waals surface area contributed by atoms with Crippen LogP contribution >= 0.6 is 0 Å². The lowest BCUT2D eigenvalue weighted by Crippen LogP contribution is -2.57. The highest BCUT2D eigenvalue weighted by Gasteiger charge is 2.48. The summed E-state index contributed by atoms with van der Waals surface area (Å²) in [6, 6.07) is -2.45. The molecule has 1 saturated carbocycles. The van der Waals surface area contributed by atoms with Gasteiger partial charge >= 0.3 is 6.18 Å². The van der Waals surface area contributed by atoms with Crippen LogP contribution < -0.4 is 21.3 Å². The van der Waals surface area contributed by atoms with Crippen molar-refractivity contribution in [1.82, 2.24) is 26.2 Å². The van der Waals surface area contributed by atoms with Gasteiger partial charge < -0.3 is 16.0 Å². The second kappa shape index (κ2) is 8.63. The number of hydrogen-bond acceptors (Lipinski definition) is 5. The first-order chi connectivity index (χ1) is 14.3. The molecular weight excluding hydrogens is 399 g/mol.